The van der Waals surface area contributed by atoms with Crippen LogP contribution in [0.15, 0.2) is 36.9 Å². The number of rotatable bonds is 3. The summed E-state index contributed by atoms with van der Waals surface area (Å²) < 4.78 is 1.61. The van der Waals surface area contributed by atoms with Crippen LogP contribution in [0.1, 0.15) is 37.2 Å². The molecule has 0 saturated heterocycles. The maximum atomic E-state index is 12.7. The van der Waals surface area contributed by atoms with E-state index in [0.717, 1.165) is 0 Å². The number of aromatic nitrogens is 3. The molecule has 19 heavy (non-hydrogen) atoms. The fourth-order valence-electron chi connectivity index (χ4n) is 2.03. The molecule has 0 N–H and O–H groups in total. The Hall–Kier alpha value is -1.68. The SMILES string of the molecule is CC(C)(C)[C@@H](C(=O)c1ccc(Cl)cc1)n1cncn1. The molecule has 2 aromatic rings. The van der Waals surface area contributed by atoms with Gasteiger partial charge in [-0.25, -0.2) is 9.67 Å². The molecular formula is C14H16ClN3O. The van der Waals surface area contributed by atoms with Gasteiger partial charge in [-0.2, -0.15) is 5.10 Å². The molecule has 0 amide bonds. The summed E-state index contributed by atoms with van der Waals surface area (Å²) in [5.41, 5.74) is 0.365. The van der Waals surface area contributed by atoms with Gasteiger partial charge in [0.15, 0.2) is 5.78 Å². The molecule has 4 nitrogen and oxygen atoms in total. The summed E-state index contributed by atoms with van der Waals surface area (Å²) in [6, 6.07) is 6.52. The third-order valence-corrected chi connectivity index (χ3v) is 3.15. The van der Waals surface area contributed by atoms with Crippen LogP contribution < -0.4 is 0 Å². The zero-order valence-corrected chi connectivity index (χ0v) is 11.9. The van der Waals surface area contributed by atoms with Gasteiger partial charge >= 0.3 is 0 Å². The molecule has 2 rings (SSSR count). The monoisotopic (exact) mass is 277 g/mol. The molecule has 5 heteroatoms. The highest BCUT2D eigenvalue weighted by atomic mass is 35.5. The first kappa shape index (κ1) is 13.7. The van der Waals surface area contributed by atoms with Crippen LogP contribution in [-0.4, -0.2) is 20.5 Å². The molecule has 1 aromatic heterocycles. The van der Waals surface area contributed by atoms with Crippen molar-refractivity contribution in [2.45, 2.75) is 26.8 Å². The van der Waals surface area contributed by atoms with Gasteiger partial charge in [0, 0.05) is 10.6 Å². The molecule has 0 aliphatic rings. The molecule has 0 bridgehead atoms. The average Bonchev–Trinajstić information content (AvgIpc) is 2.81. The lowest BCUT2D eigenvalue weighted by Gasteiger charge is -2.29. The van der Waals surface area contributed by atoms with E-state index in [-0.39, 0.29) is 11.2 Å². The number of ketones is 1. The lowest BCUT2D eigenvalue weighted by molar-refractivity contribution is 0.0813. The molecule has 0 spiro atoms. The summed E-state index contributed by atoms with van der Waals surface area (Å²) in [5.74, 6) is 0.00895. The molecule has 1 atom stereocenters. The van der Waals surface area contributed by atoms with Crippen molar-refractivity contribution in [2.24, 2.45) is 5.41 Å². The van der Waals surface area contributed by atoms with Gasteiger partial charge in [0.05, 0.1) is 0 Å². The minimum atomic E-state index is -0.392. The lowest BCUT2D eigenvalue weighted by Crippen LogP contribution is -2.32. The summed E-state index contributed by atoms with van der Waals surface area (Å²) in [5, 5.41) is 4.72. The first-order valence-electron chi connectivity index (χ1n) is 6.03. The Morgan fingerprint density at radius 1 is 1.26 bits per heavy atom. The van der Waals surface area contributed by atoms with Crippen LogP contribution in [0.25, 0.3) is 0 Å². The van der Waals surface area contributed by atoms with Crippen LogP contribution in [0.3, 0.4) is 0 Å². The predicted octanol–water partition coefficient (Wildman–Crippen LogP) is 3.40. The number of benzene rings is 1. The summed E-state index contributed by atoms with van der Waals surface area (Å²) in [6.45, 7) is 6.02. The number of carbonyl (C=O) groups is 1. The first-order chi connectivity index (χ1) is 8.89. The number of Topliss-reactive ketones (excluding diaryl/α,β-unsaturated/α-hetero) is 1. The zero-order chi connectivity index (χ0) is 14.0. The second-order valence-corrected chi connectivity index (χ2v) is 5.95. The molecular weight excluding hydrogens is 262 g/mol. The number of nitrogens with zero attached hydrogens (tertiary/aromatic N) is 3. The van der Waals surface area contributed by atoms with E-state index in [1.807, 2.05) is 20.8 Å². The second kappa shape index (κ2) is 5.13. The number of hydrogen-bond acceptors (Lipinski definition) is 3. The third-order valence-electron chi connectivity index (χ3n) is 2.90. The third kappa shape index (κ3) is 3.01. The lowest BCUT2D eigenvalue weighted by atomic mass is 9.82. The molecule has 100 valence electrons. The van der Waals surface area contributed by atoms with Crippen molar-refractivity contribution < 1.29 is 4.79 Å². The fourth-order valence-corrected chi connectivity index (χ4v) is 2.16. The van der Waals surface area contributed by atoms with Crippen LogP contribution in [0.2, 0.25) is 5.02 Å². The van der Waals surface area contributed by atoms with E-state index >= 15 is 0 Å². The molecule has 0 unspecified atom stereocenters. The molecule has 0 aliphatic carbocycles. The Morgan fingerprint density at radius 2 is 1.89 bits per heavy atom. The quantitative estimate of drug-likeness (QED) is 0.808. The van der Waals surface area contributed by atoms with Crippen LogP contribution in [0, 0.1) is 5.41 Å². The van der Waals surface area contributed by atoms with Crippen molar-refractivity contribution in [1.82, 2.24) is 14.8 Å². The van der Waals surface area contributed by atoms with Crippen LogP contribution >= 0.6 is 11.6 Å². The fraction of sp³-hybridized carbons (Fsp3) is 0.357. The van der Waals surface area contributed by atoms with Crippen molar-refractivity contribution in [3.8, 4) is 0 Å². The Labute approximate surface area is 117 Å². The largest absolute Gasteiger partial charge is 0.292 e. The Morgan fingerprint density at radius 3 is 2.37 bits per heavy atom. The van der Waals surface area contributed by atoms with Crippen LogP contribution in [-0.2, 0) is 0 Å². The minimum absolute atomic E-state index is 0.00895. The van der Waals surface area contributed by atoms with Crippen molar-refractivity contribution >= 4 is 17.4 Å². The topological polar surface area (TPSA) is 47.8 Å². The first-order valence-corrected chi connectivity index (χ1v) is 6.41. The molecule has 0 aliphatic heterocycles. The number of hydrogen-bond donors (Lipinski definition) is 0. The molecule has 1 heterocycles. The van der Waals surface area contributed by atoms with Gasteiger partial charge in [-0.15, -0.1) is 0 Å². The number of carbonyl (C=O) groups excluding carboxylic acids is 1. The summed E-state index contributed by atoms with van der Waals surface area (Å²) in [6.07, 6.45) is 3.01. The van der Waals surface area contributed by atoms with Crippen LogP contribution in [0.4, 0.5) is 0 Å². The minimum Gasteiger partial charge on any atom is -0.292 e. The standard InChI is InChI=1S/C14H16ClN3O/c1-14(2,3)13(18-9-16-8-17-18)12(19)10-4-6-11(15)7-5-10/h4-9,13H,1-3H3/t13-/m1/s1. The van der Waals surface area contributed by atoms with Gasteiger partial charge in [0.2, 0.25) is 0 Å². The van der Waals surface area contributed by atoms with Gasteiger partial charge in [0.25, 0.3) is 0 Å². The van der Waals surface area contributed by atoms with Crippen molar-refractivity contribution in [3.05, 3.63) is 47.5 Å². The van der Waals surface area contributed by atoms with Gasteiger partial charge in [-0.3, -0.25) is 4.79 Å². The molecule has 0 fully saturated rings. The van der Waals surface area contributed by atoms with Crippen molar-refractivity contribution in [2.75, 3.05) is 0 Å². The Bertz CT molecular complexity index is 555. The van der Waals surface area contributed by atoms with Gasteiger partial charge < -0.3 is 0 Å². The van der Waals surface area contributed by atoms with E-state index in [1.54, 1.807) is 35.3 Å². The van der Waals surface area contributed by atoms with E-state index in [2.05, 4.69) is 10.1 Å². The predicted molar refractivity (Wildman–Crippen MR) is 74.3 cm³/mol. The zero-order valence-electron chi connectivity index (χ0n) is 11.2. The molecule has 0 radical (unpaired) electrons. The summed E-state index contributed by atoms with van der Waals surface area (Å²) in [4.78, 5) is 16.6. The summed E-state index contributed by atoms with van der Waals surface area (Å²) >= 11 is 5.85. The van der Waals surface area contributed by atoms with Crippen LogP contribution in [0.5, 0.6) is 0 Å². The Balaban J connectivity index is 2.39. The highest BCUT2D eigenvalue weighted by molar-refractivity contribution is 6.30. The van der Waals surface area contributed by atoms with Gasteiger partial charge in [-0.1, -0.05) is 32.4 Å². The van der Waals surface area contributed by atoms with E-state index in [1.165, 1.54) is 6.33 Å². The van der Waals surface area contributed by atoms with E-state index in [0.29, 0.717) is 10.6 Å². The highest BCUT2D eigenvalue weighted by Crippen LogP contribution is 2.32. The second-order valence-electron chi connectivity index (χ2n) is 5.52. The average molecular weight is 278 g/mol. The van der Waals surface area contributed by atoms with Gasteiger partial charge in [0.1, 0.15) is 18.7 Å². The Kier molecular flexibility index (Phi) is 3.71. The maximum absolute atomic E-state index is 12.7. The maximum Gasteiger partial charge on any atom is 0.187 e. The molecule has 0 saturated carbocycles. The van der Waals surface area contributed by atoms with E-state index in [9.17, 15) is 4.79 Å². The van der Waals surface area contributed by atoms with Crippen molar-refractivity contribution in [1.29, 1.82) is 0 Å². The summed E-state index contributed by atoms with van der Waals surface area (Å²) in [7, 11) is 0. The number of halogens is 1. The highest BCUT2D eigenvalue weighted by Gasteiger charge is 2.34. The normalized spacial score (nSPS) is 13.3. The van der Waals surface area contributed by atoms with E-state index in [4.69, 9.17) is 11.6 Å². The van der Waals surface area contributed by atoms with Gasteiger partial charge in [-0.05, 0) is 29.7 Å². The van der Waals surface area contributed by atoms with E-state index < -0.39 is 6.04 Å². The smallest absolute Gasteiger partial charge is 0.187 e. The van der Waals surface area contributed by atoms with Crippen molar-refractivity contribution in [3.63, 3.8) is 0 Å². The molecule has 1 aromatic carbocycles.